The lowest BCUT2D eigenvalue weighted by atomic mass is 10.1. The minimum Gasteiger partial charge on any atom is -0.340 e. The molecule has 1 aliphatic heterocycles. The highest BCUT2D eigenvalue weighted by atomic mass is 127. The van der Waals surface area contributed by atoms with Crippen molar-refractivity contribution in [1.82, 2.24) is 10.2 Å². The molecule has 0 radical (unpaired) electrons. The number of carbonyl (C=O) groups excluding carboxylic acids is 3. The molecule has 0 aliphatic carbocycles. The van der Waals surface area contributed by atoms with E-state index in [1.165, 1.54) is 7.05 Å². The Labute approximate surface area is 124 Å². The summed E-state index contributed by atoms with van der Waals surface area (Å²) in [7, 11) is 1.42. The van der Waals surface area contributed by atoms with Crippen molar-refractivity contribution in [3.05, 3.63) is 32.9 Å². The lowest BCUT2D eigenvalue weighted by Gasteiger charge is -2.12. The van der Waals surface area contributed by atoms with Crippen molar-refractivity contribution < 1.29 is 14.4 Å². The first-order valence-corrected chi connectivity index (χ1v) is 6.86. The van der Waals surface area contributed by atoms with E-state index in [1.807, 2.05) is 13.0 Å². The fraction of sp³-hybridized carbons (Fsp3) is 0.308. The highest BCUT2D eigenvalue weighted by molar-refractivity contribution is 14.1. The number of carbonyl (C=O) groups is 3. The number of likely N-dealkylation sites (tertiary alicyclic amines) is 1. The number of halogens is 1. The predicted octanol–water partition coefficient (Wildman–Crippen LogP) is 1.09. The highest BCUT2D eigenvalue weighted by Gasteiger charge is 2.37. The van der Waals surface area contributed by atoms with Crippen molar-refractivity contribution in [3.63, 3.8) is 0 Å². The summed E-state index contributed by atoms with van der Waals surface area (Å²) in [6.07, 6.45) is 0.0312. The molecule has 1 heterocycles. The molecule has 5 nitrogen and oxygen atoms in total. The van der Waals surface area contributed by atoms with Crippen LogP contribution in [0.25, 0.3) is 0 Å². The summed E-state index contributed by atoms with van der Waals surface area (Å²) >= 11 is 2.10. The van der Waals surface area contributed by atoms with Crippen LogP contribution in [0.15, 0.2) is 18.2 Å². The third-order valence-corrected chi connectivity index (χ3v) is 4.56. The maximum absolute atomic E-state index is 12.1. The number of nitrogens with zero attached hydrogens (tertiary/aromatic N) is 1. The molecule has 1 atom stereocenters. The Morgan fingerprint density at radius 2 is 2.11 bits per heavy atom. The zero-order chi connectivity index (χ0) is 14.2. The number of benzene rings is 1. The van der Waals surface area contributed by atoms with E-state index in [4.69, 9.17) is 0 Å². The smallest absolute Gasteiger partial charge is 0.253 e. The third kappa shape index (κ3) is 2.63. The van der Waals surface area contributed by atoms with Gasteiger partial charge >= 0.3 is 0 Å². The molecule has 0 saturated carbocycles. The lowest BCUT2D eigenvalue weighted by Crippen LogP contribution is -2.40. The molecule has 6 heteroatoms. The van der Waals surface area contributed by atoms with Crippen LogP contribution in [0.1, 0.15) is 22.3 Å². The molecule has 0 aromatic heterocycles. The number of hydrogen-bond donors (Lipinski definition) is 1. The minimum absolute atomic E-state index is 0.0312. The van der Waals surface area contributed by atoms with E-state index < -0.39 is 6.04 Å². The summed E-state index contributed by atoms with van der Waals surface area (Å²) in [5.41, 5.74) is 1.52. The van der Waals surface area contributed by atoms with Crippen LogP contribution < -0.4 is 5.32 Å². The maximum Gasteiger partial charge on any atom is 0.253 e. The van der Waals surface area contributed by atoms with E-state index in [2.05, 4.69) is 27.9 Å². The number of likely N-dealkylation sites (N-methyl/N-ethyl adjacent to an activating group) is 1. The van der Waals surface area contributed by atoms with Crippen LogP contribution in [-0.4, -0.2) is 35.7 Å². The van der Waals surface area contributed by atoms with Gasteiger partial charge in [0.1, 0.15) is 6.04 Å². The van der Waals surface area contributed by atoms with Gasteiger partial charge in [-0.15, -0.1) is 0 Å². The average molecular weight is 372 g/mol. The summed E-state index contributed by atoms with van der Waals surface area (Å²) in [5, 5.41) is 2.62. The summed E-state index contributed by atoms with van der Waals surface area (Å²) in [5.74, 6) is -0.954. The number of aryl methyl sites for hydroxylation is 1. The van der Waals surface area contributed by atoms with E-state index in [0.29, 0.717) is 5.56 Å². The van der Waals surface area contributed by atoms with Crippen molar-refractivity contribution in [1.29, 1.82) is 0 Å². The van der Waals surface area contributed by atoms with Crippen molar-refractivity contribution in [2.45, 2.75) is 19.4 Å². The largest absolute Gasteiger partial charge is 0.340 e. The predicted molar refractivity (Wildman–Crippen MR) is 77.5 cm³/mol. The number of rotatable bonds is 2. The first-order chi connectivity index (χ1) is 8.91. The zero-order valence-corrected chi connectivity index (χ0v) is 12.7. The van der Waals surface area contributed by atoms with E-state index in [1.54, 1.807) is 12.1 Å². The molecular formula is C13H13IN2O3. The molecule has 3 amide bonds. The van der Waals surface area contributed by atoms with E-state index in [-0.39, 0.29) is 24.1 Å². The van der Waals surface area contributed by atoms with Crippen LogP contribution in [0.5, 0.6) is 0 Å². The Bertz CT molecular complexity index is 571. The number of hydrogen-bond acceptors (Lipinski definition) is 3. The molecular weight excluding hydrogens is 359 g/mol. The van der Waals surface area contributed by atoms with Crippen LogP contribution in [0.4, 0.5) is 0 Å². The van der Waals surface area contributed by atoms with Gasteiger partial charge in [0.2, 0.25) is 5.91 Å². The van der Waals surface area contributed by atoms with Crippen LogP contribution in [0.3, 0.4) is 0 Å². The fourth-order valence-corrected chi connectivity index (χ4v) is 2.53. The molecule has 1 N–H and O–H groups in total. The van der Waals surface area contributed by atoms with Crippen molar-refractivity contribution in [3.8, 4) is 0 Å². The molecule has 2 rings (SSSR count). The van der Waals surface area contributed by atoms with E-state index >= 15 is 0 Å². The Morgan fingerprint density at radius 3 is 2.68 bits per heavy atom. The van der Waals surface area contributed by atoms with Gasteiger partial charge in [0, 0.05) is 10.6 Å². The summed E-state index contributed by atoms with van der Waals surface area (Å²) < 4.78 is 0.850. The van der Waals surface area contributed by atoms with E-state index in [0.717, 1.165) is 14.0 Å². The topological polar surface area (TPSA) is 66.5 Å². The van der Waals surface area contributed by atoms with Crippen molar-refractivity contribution in [2.24, 2.45) is 0 Å². The van der Waals surface area contributed by atoms with Gasteiger partial charge < -0.3 is 5.32 Å². The molecule has 19 heavy (non-hydrogen) atoms. The summed E-state index contributed by atoms with van der Waals surface area (Å²) in [6, 6.07) is 4.66. The summed E-state index contributed by atoms with van der Waals surface area (Å²) in [4.78, 5) is 36.3. The number of imide groups is 1. The highest BCUT2D eigenvalue weighted by Crippen LogP contribution is 2.18. The lowest BCUT2D eigenvalue weighted by molar-refractivity contribution is -0.137. The second kappa shape index (κ2) is 5.28. The van der Waals surface area contributed by atoms with E-state index in [9.17, 15) is 14.4 Å². The van der Waals surface area contributed by atoms with Crippen molar-refractivity contribution >= 4 is 40.3 Å². The maximum atomic E-state index is 12.1. The Morgan fingerprint density at radius 1 is 1.42 bits per heavy atom. The average Bonchev–Trinajstić information content (AvgIpc) is 2.60. The second-order valence-electron chi connectivity index (χ2n) is 4.46. The number of amides is 3. The molecule has 1 fully saturated rings. The normalized spacial score (nSPS) is 18.9. The quantitative estimate of drug-likeness (QED) is 0.624. The SMILES string of the molecule is Cc1cccc(C(=O)NC2CC(=O)N(C)C2=O)c1I. The van der Waals surface area contributed by atoms with Crippen molar-refractivity contribution in [2.75, 3.05) is 7.05 Å². The van der Waals surface area contributed by atoms with Gasteiger partial charge in [-0.2, -0.15) is 0 Å². The molecule has 0 spiro atoms. The molecule has 1 aromatic rings. The first-order valence-electron chi connectivity index (χ1n) is 5.78. The van der Waals surface area contributed by atoms with Gasteiger partial charge in [-0.25, -0.2) is 0 Å². The van der Waals surface area contributed by atoms with Gasteiger partial charge in [0.15, 0.2) is 0 Å². The molecule has 1 aromatic carbocycles. The summed E-state index contributed by atoms with van der Waals surface area (Å²) in [6.45, 7) is 1.91. The van der Waals surface area contributed by atoms with Gasteiger partial charge in [-0.3, -0.25) is 19.3 Å². The Balaban J connectivity index is 2.16. The van der Waals surface area contributed by atoms with Crippen LogP contribution in [0.2, 0.25) is 0 Å². The van der Waals surface area contributed by atoms with Gasteiger partial charge in [0.25, 0.3) is 11.8 Å². The Hall–Kier alpha value is -1.44. The van der Waals surface area contributed by atoms with Crippen LogP contribution >= 0.6 is 22.6 Å². The van der Waals surface area contributed by atoms with Gasteiger partial charge in [-0.05, 0) is 41.1 Å². The monoisotopic (exact) mass is 372 g/mol. The van der Waals surface area contributed by atoms with Crippen LogP contribution in [-0.2, 0) is 9.59 Å². The Kier molecular flexibility index (Phi) is 3.88. The standard InChI is InChI=1S/C13H13IN2O3/c1-7-4-3-5-8(11(7)14)12(18)15-9-6-10(17)16(2)13(9)19/h3-5,9H,6H2,1-2H3,(H,15,18). The van der Waals surface area contributed by atoms with Gasteiger partial charge in [-0.1, -0.05) is 12.1 Å². The molecule has 0 bridgehead atoms. The fourth-order valence-electron chi connectivity index (χ4n) is 1.93. The first kappa shape index (κ1) is 14.0. The molecule has 1 saturated heterocycles. The van der Waals surface area contributed by atoms with Gasteiger partial charge in [0.05, 0.1) is 12.0 Å². The molecule has 100 valence electrons. The zero-order valence-electron chi connectivity index (χ0n) is 10.6. The molecule has 1 unspecified atom stereocenters. The van der Waals surface area contributed by atoms with Crippen LogP contribution in [0, 0.1) is 10.5 Å². The third-order valence-electron chi connectivity index (χ3n) is 3.12. The minimum atomic E-state index is -0.749. The number of nitrogens with one attached hydrogen (secondary N) is 1. The molecule has 1 aliphatic rings. The second-order valence-corrected chi connectivity index (χ2v) is 5.54.